The van der Waals surface area contributed by atoms with Crippen LogP contribution in [0.25, 0.3) is 0 Å². The number of aromatic hydroxyl groups is 1. The first-order chi connectivity index (χ1) is 16.0. The van der Waals surface area contributed by atoms with Gasteiger partial charge in [0.1, 0.15) is 0 Å². The number of ether oxygens (including phenoxy) is 1. The number of hydrogen-bond acceptors (Lipinski definition) is 7. The monoisotopic (exact) mass is 463 g/mol. The fraction of sp³-hybridized carbons (Fsp3) is 0.280. The molecule has 0 atom stereocenters. The normalized spacial score (nSPS) is 16.4. The Bertz CT molecular complexity index is 1190. The molecule has 0 radical (unpaired) electrons. The summed E-state index contributed by atoms with van der Waals surface area (Å²) in [6.07, 6.45) is 0. The number of phenols is 1. The lowest BCUT2D eigenvalue weighted by molar-refractivity contribution is 0.0642. The lowest BCUT2D eigenvalue weighted by Crippen LogP contribution is -2.46. The molecule has 1 saturated heterocycles. The van der Waals surface area contributed by atoms with Crippen molar-refractivity contribution in [3.05, 3.63) is 75.5 Å². The maximum Gasteiger partial charge on any atom is 0.263 e. The highest BCUT2D eigenvalue weighted by Crippen LogP contribution is 2.33. The SMILES string of the molecule is COc1cc(CN2CCN(c3cccc4c3C(=O)N(Cc3ccsc3)C4=O)CC2)ccc1O. The number of thiophene rings is 1. The van der Waals surface area contributed by atoms with E-state index in [0.29, 0.717) is 23.4 Å². The zero-order chi connectivity index (χ0) is 22.9. The molecule has 1 aromatic heterocycles. The highest BCUT2D eigenvalue weighted by Gasteiger charge is 2.38. The summed E-state index contributed by atoms with van der Waals surface area (Å²) in [7, 11) is 1.55. The van der Waals surface area contributed by atoms with Gasteiger partial charge in [0.15, 0.2) is 11.5 Å². The number of rotatable bonds is 6. The van der Waals surface area contributed by atoms with Gasteiger partial charge < -0.3 is 14.7 Å². The van der Waals surface area contributed by atoms with Crippen LogP contribution < -0.4 is 9.64 Å². The second kappa shape index (κ2) is 8.88. The lowest BCUT2D eigenvalue weighted by Gasteiger charge is -2.36. The van der Waals surface area contributed by atoms with Crippen molar-refractivity contribution in [2.75, 3.05) is 38.2 Å². The standard InChI is InChI=1S/C25H25N3O4S/c1-32-22-13-17(5-6-21(22)29)14-26-8-10-27(11-9-26)20-4-2-3-19-23(20)25(31)28(24(19)30)15-18-7-12-33-16-18/h2-7,12-13,16,29H,8-11,14-15H2,1H3. The highest BCUT2D eigenvalue weighted by atomic mass is 32.1. The van der Waals surface area contributed by atoms with Gasteiger partial charge in [0.05, 0.1) is 30.5 Å². The van der Waals surface area contributed by atoms with Crippen LogP contribution in [-0.2, 0) is 13.1 Å². The molecule has 33 heavy (non-hydrogen) atoms. The Morgan fingerprint density at radius 3 is 2.52 bits per heavy atom. The molecule has 2 amide bonds. The molecule has 7 nitrogen and oxygen atoms in total. The molecule has 1 fully saturated rings. The maximum atomic E-state index is 13.2. The fourth-order valence-corrected chi connectivity index (χ4v) is 5.17. The van der Waals surface area contributed by atoms with Crippen molar-refractivity contribution >= 4 is 28.8 Å². The van der Waals surface area contributed by atoms with Crippen LogP contribution in [0.4, 0.5) is 5.69 Å². The lowest BCUT2D eigenvalue weighted by atomic mass is 10.1. The third kappa shape index (κ3) is 4.07. The first kappa shape index (κ1) is 21.5. The number of methoxy groups -OCH3 is 1. The summed E-state index contributed by atoms with van der Waals surface area (Å²) in [5.74, 6) is 0.177. The molecule has 2 aliphatic heterocycles. The number of fused-ring (bicyclic) bond motifs is 1. The molecular weight excluding hydrogens is 438 g/mol. The Kier molecular flexibility index (Phi) is 5.78. The van der Waals surface area contributed by atoms with Crippen LogP contribution in [0.2, 0.25) is 0 Å². The van der Waals surface area contributed by atoms with Crippen molar-refractivity contribution < 1.29 is 19.4 Å². The average Bonchev–Trinajstić information content (AvgIpc) is 3.44. The summed E-state index contributed by atoms with van der Waals surface area (Å²) in [6, 6.07) is 12.9. The molecule has 3 aromatic rings. The summed E-state index contributed by atoms with van der Waals surface area (Å²) in [6.45, 7) is 4.24. The molecule has 2 aliphatic rings. The number of imide groups is 1. The van der Waals surface area contributed by atoms with Crippen LogP contribution in [0.5, 0.6) is 11.5 Å². The van der Waals surface area contributed by atoms with E-state index in [-0.39, 0.29) is 17.6 Å². The predicted octanol–water partition coefficient (Wildman–Crippen LogP) is 3.58. The number of phenolic OH excluding ortho intramolecular Hbond substituents is 1. The molecular formula is C25H25N3O4S. The van der Waals surface area contributed by atoms with E-state index in [2.05, 4.69) is 9.80 Å². The molecule has 8 heteroatoms. The van der Waals surface area contributed by atoms with Gasteiger partial charge in [0.25, 0.3) is 11.8 Å². The highest BCUT2D eigenvalue weighted by molar-refractivity contribution is 7.07. The van der Waals surface area contributed by atoms with E-state index < -0.39 is 0 Å². The van der Waals surface area contributed by atoms with Crippen LogP contribution in [0.3, 0.4) is 0 Å². The summed E-state index contributed by atoms with van der Waals surface area (Å²) in [4.78, 5) is 32.1. The molecule has 3 heterocycles. The maximum absolute atomic E-state index is 13.2. The van der Waals surface area contributed by atoms with Crippen LogP contribution in [-0.4, -0.2) is 60.0 Å². The molecule has 0 saturated carbocycles. The van der Waals surface area contributed by atoms with Crippen molar-refractivity contribution in [2.45, 2.75) is 13.1 Å². The first-order valence-electron chi connectivity index (χ1n) is 10.9. The van der Waals surface area contributed by atoms with Gasteiger partial charge in [-0.1, -0.05) is 12.1 Å². The quantitative estimate of drug-likeness (QED) is 0.564. The van der Waals surface area contributed by atoms with Crippen molar-refractivity contribution in [1.29, 1.82) is 0 Å². The molecule has 0 unspecified atom stereocenters. The third-order valence-corrected chi connectivity index (χ3v) is 6.99. The molecule has 2 aromatic carbocycles. The van der Waals surface area contributed by atoms with E-state index in [9.17, 15) is 14.7 Å². The molecule has 1 N–H and O–H groups in total. The van der Waals surface area contributed by atoms with Crippen molar-refractivity contribution in [3.63, 3.8) is 0 Å². The molecule has 0 aliphatic carbocycles. The van der Waals surface area contributed by atoms with Gasteiger partial charge in [0.2, 0.25) is 0 Å². The van der Waals surface area contributed by atoms with Gasteiger partial charge >= 0.3 is 0 Å². The van der Waals surface area contributed by atoms with Crippen LogP contribution in [0.1, 0.15) is 31.8 Å². The summed E-state index contributed by atoms with van der Waals surface area (Å²) < 4.78 is 5.21. The Balaban J connectivity index is 1.29. The van der Waals surface area contributed by atoms with Crippen molar-refractivity contribution in [3.8, 4) is 11.5 Å². The minimum absolute atomic E-state index is 0.135. The number of anilines is 1. The van der Waals surface area contributed by atoms with Gasteiger partial charge in [-0.05, 0) is 52.2 Å². The Labute approximate surface area is 196 Å². The van der Waals surface area contributed by atoms with Crippen LogP contribution in [0, 0.1) is 0 Å². The second-order valence-electron chi connectivity index (χ2n) is 8.30. The average molecular weight is 464 g/mol. The zero-order valence-corrected chi connectivity index (χ0v) is 19.2. The smallest absolute Gasteiger partial charge is 0.263 e. The third-order valence-electron chi connectivity index (χ3n) is 6.26. The second-order valence-corrected chi connectivity index (χ2v) is 9.08. The van der Waals surface area contributed by atoms with Gasteiger partial charge in [-0.15, -0.1) is 0 Å². The largest absolute Gasteiger partial charge is 0.504 e. The number of amides is 2. The predicted molar refractivity (Wildman–Crippen MR) is 127 cm³/mol. The van der Waals surface area contributed by atoms with Crippen molar-refractivity contribution in [2.24, 2.45) is 0 Å². The van der Waals surface area contributed by atoms with Gasteiger partial charge in [-0.2, -0.15) is 11.3 Å². The Morgan fingerprint density at radius 1 is 0.970 bits per heavy atom. The molecule has 0 bridgehead atoms. The summed E-state index contributed by atoms with van der Waals surface area (Å²) >= 11 is 1.56. The summed E-state index contributed by atoms with van der Waals surface area (Å²) in [5.41, 5.74) is 3.89. The van der Waals surface area contributed by atoms with Crippen LogP contribution >= 0.6 is 11.3 Å². The van der Waals surface area contributed by atoms with E-state index in [0.717, 1.165) is 49.5 Å². The minimum Gasteiger partial charge on any atom is -0.504 e. The molecule has 170 valence electrons. The van der Waals surface area contributed by atoms with E-state index >= 15 is 0 Å². The van der Waals surface area contributed by atoms with E-state index in [1.165, 1.54) is 4.90 Å². The van der Waals surface area contributed by atoms with E-state index in [1.807, 2.05) is 41.1 Å². The Morgan fingerprint density at radius 2 is 1.79 bits per heavy atom. The first-order valence-corrected chi connectivity index (χ1v) is 11.8. The van der Waals surface area contributed by atoms with E-state index in [1.54, 1.807) is 30.6 Å². The van der Waals surface area contributed by atoms with E-state index in [4.69, 9.17) is 4.74 Å². The zero-order valence-electron chi connectivity index (χ0n) is 18.4. The number of hydrogen-bond donors (Lipinski definition) is 1. The van der Waals surface area contributed by atoms with Gasteiger partial charge in [-0.25, -0.2) is 0 Å². The number of carbonyl (C=O) groups excluding carboxylic acids is 2. The number of nitrogens with zero attached hydrogens (tertiary/aromatic N) is 3. The van der Waals surface area contributed by atoms with Gasteiger partial charge in [-0.3, -0.25) is 19.4 Å². The van der Waals surface area contributed by atoms with Crippen molar-refractivity contribution in [1.82, 2.24) is 9.80 Å². The van der Waals surface area contributed by atoms with Gasteiger partial charge in [0, 0.05) is 32.7 Å². The number of benzene rings is 2. The topological polar surface area (TPSA) is 73.3 Å². The Hall–Kier alpha value is -3.36. The molecule has 0 spiro atoms. The van der Waals surface area contributed by atoms with Crippen LogP contribution in [0.15, 0.2) is 53.2 Å². The number of carbonyl (C=O) groups is 2. The summed E-state index contributed by atoms with van der Waals surface area (Å²) in [5, 5.41) is 13.7. The fourth-order valence-electron chi connectivity index (χ4n) is 4.51. The minimum atomic E-state index is -0.219. The number of piperazine rings is 1. The molecule has 5 rings (SSSR count).